The number of nitrogens with zero attached hydrogens (tertiary/aromatic N) is 2. The smallest absolute Gasteiger partial charge is 0.138 e. The van der Waals surface area contributed by atoms with Gasteiger partial charge in [-0.05, 0) is 115 Å². The summed E-state index contributed by atoms with van der Waals surface area (Å²) in [5.74, 6) is 0. The van der Waals surface area contributed by atoms with Gasteiger partial charge < -0.3 is 18.6 Å². The van der Waals surface area contributed by atoms with E-state index < -0.39 is 0 Å². The molecule has 0 bridgehead atoms. The minimum Gasteiger partial charge on any atom is -0.456 e. The molecule has 0 saturated carbocycles. The molecule has 0 saturated heterocycles. The Kier molecular flexibility index (Phi) is 8.33. The fourth-order valence-corrected chi connectivity index (χ4v) is 11.4. The molecule has 0 aliphatic rings. The minimum absolute atomic E-state index is 0.819. The molecule has 4 heteroatoms. The first kappa shape index (κ1) is 38.7. The van der Waals surface area contributed by atoms with E-state index in [1.165, 1.54) is 43.1 Å². The van der Waals surface area contributed by atoms with Crippen molar-refractivity contribution in [2.24, 2.45) is 0 Å². The van der Waals surface area contributed by atoms with Crippen molar-refractivity contribution in [3.05, 3.63) is 243 Å². The second-order valence-electron chi connectivity index (χ2n) is 18.4. The third-order valence-electron chi connectivity index (χ3n) is 14.5. The summed E-state index contributed by atoms with van der Waals surface area (Å²) < 4.78 is 14.1. The standard InChI is InChI=1S/C66H40N2O2/c1-3-17-45(18-4-1)67(47-31-33-51-43(35-47)29-27-41-15-7-9-21-49(41)51)59-39-63-65(55-25-13-11-23-53(55)59)57-37-62-58(38-61(57)69-63)66-56-26-14-12-24-54(56)60(40-64(66)70-62)68(46-19-5-2-6-20-46)48-32-34-52-44(36-48)30-28-42-16-8-10-22-50(42)52/h1-40H. The number of para-hydroxylation sites is 2. The lowest BCUT2D eigenvalue weighted by atomic mass is 9.98. The van der Waals surface area contributed by atoms with Gasteiger partial charge in [-0.15, -0.1) is 0 Å². The third kappa shape index (κ3) is 5.84. The van der Waals surface area contributed by atoms with Crippen LogP contribution in [0, 0.1) is 0 Å². The summed E-state index contributed by atoms with van der Waals surface area (Å²) in [6.07, 6.45) is 0. The molecule has 0 aliphatic carbocycles. The second kappa shape index (κ2) is 15.1. The molecule has 0 aliphatic heterocycles. The van der Waals surface area contributed by atoms with Gasteiger partial charge in [0, 0.05) is 67.2 Å². The molecular formula is C66H40N2O2. The summed E-state index contributed by atoms with van der Waals surface area (Å²) >= 11 is 0. The van der Waals surface area contributed by atoms with Crippen LogP contribution >= 0.6 is 0 Å². The van der Waals surface area contributed by atoms with Crippen LogP contribution in [0.4, 0.5) is 34.1 Å². The van der Waals surface area contributed by atoms with Crippen LogP contribution in [-0.4, -0.2) is 0 Å². The zero-order valence-corrected chi connectivity index (χ0v) is 37.8. The molecular weight excluding hydrogens is 853 g/mol. The van der Waals surface area contributed by atoms with Crippen molar-refractivity contribution in [3.8, 4) is 0 Å². The van der Waals surface area contributed by atoms with Gasteiger partial charge in [0.05, 0.1) is 11.4 Å². The van der Waals surface area contributed by atoms with E-state index in [2.05, 4.69) is 252 Å². The minimum atomic E-state index is 0.819. The number of anilines is 6. The first-order chi connectivity index (χ1) is 34.7. The highest BCUT2D eigenvalue weighted by Gasteiger charge is 2.24. The van der Waals surface area contributed by atoms with E-state index in [0.717, 1.165) is 99.5 Å². The zero-order valence-electron chi connectivity index (χ0n) is 37.8. The Morgan fingerprint density at radius 3 is 1.01 bits per heavy atom. The molecule has 2 heterocycles. The Bertz CT molecular complexity index is 4310. The molecule has 0 spiro atoms. The van der Waals surface area contributed by atoms with Gasteiger partial charge in [0.25, 0.3) is 0 Å². The third-order valence-corrected chi connectivity index (χ3v) is 14.5. The number of fused-ring (bicyclic) bond motifs is 16. The molecule has 0 radical (unpaired) electrons. The highest BCUT2D eigenvalue weighted by Crippen LogP contribution is 2.49. The summed E-state index contributed by atoms with van der Waals surface area (Å²) in [5, 5.41) is 18.5. The predicted molar refractivity (Wildman–Crippen MR) is 295 cm³/mol. The SMILES string of the molecule is c1ccc(N(c2ccc3c(ccc4ccccc43)c2)c2cc3oc4cc5c(cc4c3c3ccccc23)oc2cc(N(c3ccccc3)c3ccc4c(ccc6ccccc64)c3)c3ccccc3c25)cc1. The van der Waals surface area contributed by atoms with E-state index in [4.69, 9.17) is 8.83 Å². The van der Waals surface area contributed by atoms with E-state index in [-0.39, 0.29) is 0 Å². The maximum absolute atomic E-state index is 7.04. The first-order valence-corrected chi connectivity index (χ1v) is 23.9. The number of hydrogen-bond acceptors (Lipinski definition) is 4. The van der Waals surface area contributed by atoms with Crippen molar-refractivity contribution >= 4 is 143 Å². The fraction of sp³-hybridized carbons (Fsp3) is 0. The van der Waals surface area contributed by atoms with E-state index in [1.54, 1.807) is 0 Å². The summed E-state index contributed by atoms with van der Waals surface area (Å²) in [7, 11) is 0. The van der Waals surface area contributed by atoms with Gasteiger partial charge >= 0.3 is 0 Å². The van der Waals surface area contributed by atoms with Crippen LogP contribution in [0.1, 0.15) is 0 Å². The summed E-state index contributed by atoms with van der Waals surface area (Å²) in [4.78, 5) is 4.73. The first-order valence-electron chi connectivity index (χ1n) is 23.9. The number of benzene rings is 13. The Morgan fingerprint density at radius 2 is 0.571 bits per heavy atom. The number of furan rings is 2. The molecule has 2 aromatic heterocycles. The lowest BCUT2D eigenvalue weighted by Gasteiger charge is -2.27. The van der Waals surface area contributed by atoms with E-state index in [1.807, 2.05) is 0 Å². The molecule has 0 amide bonds. The number of rotatable bonds is 6. The Morgan fingerprint density at radius 1 is 0.214 bits per heavy atom. The molecule has 0 N–H and O–H groups in total. The van der Waals surface area contributed by atoms with Gasteiger partial charge in [-0.1, -0.05) is 170 Å². The van der Waals surface area contributed by atoms with Crippen LogP contribution in [0.5, 0.6) is 0 Å². The highest BCUT2D eigenvalue weighted by atomic mass is 16.3. The molecule has 326 valence electrons. The van der Waals surface area contributed by atoms with Crippen LogP contribution in [0.15, 0.2) is 251 Å². The van der Waals surface area contributed by atoms with Crippen LogP contribution in [0.25, 0.3) is 109 Å². The van der Waals surface area contributed by atoms with Crippen molar-refractivity contribution in [3.63, 3.8) is 0 Å². The van der Waals surface area contributed by atoms with Gasteiger partial charge in [0.1, 0.15) is 22.3 Å². The maximum atomic E-state index is 7.04. The monoisotopic (exact) mass is 892 g/mol. The molecule has 0 atom stereocenters. The average molecular weight is 893 g/mol. The molecule has 15 rings (SSSR count). The van der Waals surface area contributed by atoms with Crippen LogP contribution < -0.4 is 9.80 Å². The molecule has 0 fully saturated rings. The zero-order chi connectivity index (χ0) is 45.9. The van der Waals surface area contributed by atoms with E-state index in [9.17, 15) is 0 Å². The van der Waals surface area contributed by atoms with Gasteiger partial charge in [-0.2, -0.15) is 0 Å². The van der Waals surface area contributed by atoms with E-state index >= 15 is 0 Å². The largest absolute Gasteiger partial charge is 0.456 e. The summed E-state index contributed by atoms with van der Waals surface area (Å²) in [6.45, 7) is 0. The molecule has 70 heavy (non-hydrogen) atoms. The van der Waals surface area contributed by atoms with Gasteiger partial charge in [-0.25, -0.2) is 0 Å². The van der Waals surface area contributed by atoms with Crippen molar-refractivity contribution in [2.45, 2.75) is 0 Å². The number of hydrogen-bond donors (Lipinski definition) is 0. The topological polar surface area (TPSA) is 32.8 Å². The van der Waals surface area contributed by atoms with Gasteiger partial charge in [0.15, 0.2) is 0 Å². The Labute approximate surface area is 402 Å². The van der Waals surface area contributed by atoms with Crippen molar-refractivity contribution in [1.82, 2.24) is 0 Å². The average Bonchev–Trinajstić information content (AvgIpc) is 3.97. The quantitative estimate of drug-likeness (QED) is 0.156. The molecule has 4 nitrogen and oxygen atoms in total. The second-order valence-corrected chi connectivity index (χ2v) is 18.4. The van der Waals surface area contributed by atoms with Gasteiger partial charge in [0.2, 0.25) is 0 Å². The summed E-state index contributed by atoms with van der Waals surface area (Å²) in [6, 6.07) is 87.4. The highest BCUT2D eigenvalue weighted by molar-refractivity contribution is 6.28. The van der Waals surface area contributed by atoms with Gasteiger partial charge in [-0.3, -0.25) is 0 Å². The molecule has 15 aromatic rings. The maximum Gasteiger partial charge on any atom is 0.138 e. The van der Waals surface area contributed by atoms with Crippen LogP contribution in [0.3, 0.4) is 0 Å². The Balaban J connectivity index is 0.927. The van der Waals surface area contributed by atoms with Crippen molar-refractivity contribution in [2.75, 3.05) is 9.80 Å². The van der Waals surface area contributed by atoms with Crippen molar-refractivity contribution < 1.29 is 8.83 Å². The van der Waals surface area contributed by atoms with E-state index in [0.29, 0.717) is 0 Å². The predicted octanol–water partition coefficient (Wildman–Crippen LogP) is 19.3. The lowest BCUT2D eigenvalue weighted by Crippen LogP contribution is -2.10. The van der Waals surface area contributed by atoms with Crippen LogP contribution in [0.2, 0.25) is 0 Å². The van der Waals surface area contributed by atoms with Crippen LogP contribution in [-0.2, 0) is 0 Å². The lowest BCUT2D eigenvalue weighted by molar-refractivity contribution is 0.664. The Hall–Kier alpha value is -9.38. The normalized spacial score (nSPS) is 12.0. The summed E-state index contributed by atoms with van der Waals surface area (Å²) in [5.41, 5.74) is 9.66. The fourth-order valence-electron chi connectivity index (χ4n) is 11.4. The molecule has 0 unspecified atom stereocenters. The van der Waals surface area contributed by atoms with Crippen molar-refractivity contribution in [1.29, 1.82) is 0 Å². The molecule has 13 aromatic carbocycles.